The molecule has 1 N–H and O–H groups in total. The molecule has 1 aromatic heterocycles. The number of rotatable bonds is 6. The fourth-order valence-electron chi connectivity index (χ4n) is 2.93. The first-order valence-corrected chi connectivity index (χ1v) is 8.96. The van der Waals surface area contributed by atoms with E-state index in [1.807, 2.05) is 56.1 Å². The van der Waals surface area contributed by atoms with Gasteiger partial charge in [0.2, 0.25) is 5.91 Å². The second-order valence-electron chi connectivity index (χ2n) is 6.89. The van der Waals surface area contributed by atoms with Gasteiger partial charge in [0.25, 0.3) is 0 Å². The molecule has 0 fully saturated rings. The lowest BCUT2D eigenvalue weighted by Gasteiger charge is -2.25. The van der Waals surface area contributed by atoms with E-state index in [0.29, 0.717) is 6.54 Å². The van der Waals surface area contributed by atoms with Crippen molar-refractivity contribution in [2.24, 2.45) is 0 Å². The maximum Gasteiger partial charge on any atom is 0.238 e. The Morgan fingerprint density at radius 1 is 1.19 bits per heavy atom. The molecule has 1 amide bonds. The Labute approximate surface area is 159 Å². The highest BCUT2D eigenvalue weighted by Crippen LogP contribution is 2.21. The number of benzene rings is 2. The minimum absolute atomic E-state index is 0.0164. The van der Waals surface area contributed by atoms with Crippen LogP contribution in [-0.4, -0.2) is 39.2 Å². The molecule has 1 atom stereocenters. The van der Waals surface area contributed by atoms with Gasteiger partial charge in [-0.25, -0.2) is 9.67 Å². The molecule has 0 saturated carbocycles. The number of amides is 1. The summed E-state index contributed by atoms with van der Waals surface area (Å²) in [5.74, 6) is -0.0164. The van der Waals surface area contributed by atoms with E-state index in [-0.39, 0.29) is 11.9 Å². The average Bonchev–Trinajstić information content (AvgIpc) is 3.19. The van der Waals surface area contributed by atoms with Crippen molar-refractivity contribution >= 4 is 11.6 Å². The van der Waals surface area contributed by atoms with E-state index < -0.39 is 0 Å². The van der Waals surface area contributed by atoms with Crippen molar-refractivity contribution in [3.8, 4) is 5.69 Å². The zero-order valence-corrected chi connectivity index (χ0v) is 16.2. The maximum atomic E-state index is 12.5. The number of aromatic nitrogens is 3. The van der Waals surface area contributed by atoms with Crippen molar-refractivity contribution in [2.45, 2.75) is 26.8 Å². The van der Waals surface area contributed by atoms with E-state index >= 15 is 0 Å². The van der Waals surface area contributed by atoms with Gasteiger partial charge in [0.15, 0.2) is 0 Å². The Kier molecular flexibility index (Phi) is 5.66. The van der Waals surface area contributed by atoms with Crippen LogP contribution in [0.4, 0.5) is 5.69 Å². The van der Waals surface area contributed by atoms with Gasteiger partial charge in [0.05, 0.1) is 12.2 Å². The molecule has 3 rings (SSSR count). The molecule has 0 saturated heterocycles. The predicted octanol–water partition coefficient (Wildman–Crippen LogP) is 3.52. The van der Waals surface area contributed by atoms with Crippen LogP contribution in [0.1, 0.15) is 29.7 Å². The summed E-state index contributed by atoms with van der Waals surface area (Å²) in [5.41, 5.74) is 5.16. The number of nitrogens with zero attached hydrogens (tertiary/aromatic N) is 4. The van der Waals surface area contributed by atoms with Crippen LogP contribution in [-0.2, 0) is 4.79 Å². The van der Waals surface area contributed by atoms with Crippen LogP contribution in [0.25, 0.3) is 5.69 Å². The summed E-state index contributed by atoms with van der Waals surface area (Å²) in [5, 5.41) is 7.15. The summed E-state index contributed by atoms with van der Waals surface area (Å²) in [4.78, 5) is 18.5. The summed E-state index contributed by atoms with van der Waals surface area (Å²) in [7, 11) is 1.96. The minimum atomic E-state index is -0.0164. The number of hydrogen-bond donors (Lipinski definition) is 1. The Hall–Kier alpha value is -2.99. The van der Waals surface area contributed by atoms with Crippen LogP contribution < -0.4 is 5.32 Å². The smallest absolute Gasteiger partial charge is 0.238 e. The molecule has 1 heterocycles. The van der Waals surface area contributed by atoms with Crippen molar-refractivity contribution in [3.05, 3.63) is 71.8 Å². The van der Waals surface area contributed by atoms with Gasteiger partial charge in [-0.2, -0.15) is 5.10 Å². The number of nitrogens with one attached hydrogen (secondary N) is 1. The molecule has 0 aliphatic carbocycles. The normalized spacial score (nSPS) is 12.2. The topological polar surface area (TPSA) is 63.1 Å². The quantitative estimate of drug-likeness (QED) is 0.728. The third-order valence-electron chi connectivity index (χ3n) is 4.78. The molecule has 6 heteroatoms. The molecular weight excluding hydrogens is 338 g/mol. The summed E-state index contributed by atoms with van der Waals surface area (Å²) in [6, 6.07) is 14.3. The number of hydrogen-bond acceptors (Lipinski definition) is 4. The molecule has 0 unspecified atom stereocenters. The van der Waals surface area contributed by atoms with Gasteiger partial charge < -0.3 is 5.32 Å². The molecule has 0 aliphatic heterocycles. The number of carbonyl (C=O) groups is 1. The third kappa shape index (κ3) is 4.60. The molecule has 0 radical (unpaired) electrons. The SMILES string of the molecule is Cc1ccc(C)c(NC(=O)CN(C)[C@@H](C)c2ccc(-n3cncn3)cc2)c1. The first-order chi connectivity index (χ1) is 12.9. The highest BCUT2D eigenvalue weighted by molar-refractivity contribution is 5.93. The predicted molar refractivity (Wildman–Crippen MR) is 107 cm³/mol. The third-order valence-corrected chi connectivity index (χ3v) is 4.78. The Bertz CT molecular complexity index is 903. The zero-order chi connectivity index (χ0) is 19.4. The molecular formula is C21H25N5O. The zero-order valence-electron chi connectivity index (χ0n) is 16.2. The molecule has 27 heavy (non-hydrogen) atoms. The van der Waals surface area contributed by atoms with E-state index in [0.717, 1.165) is 28.1 Å². The van der Waals surface area contributed by atoms with E-state index in [2.05, 4.69) is 34.5 Å². The van der Waals surface area contributed by atoms with Crippen molar-refractivity contribution in [1.29, 1.82) is 0 Å². The Morgan fingerprint density at radius 2 is 1.93 bits per heavy atom. The number of likely N-dealkylation sites (N-methyl/N-ethyl adjacent to an activating group) is 1. The lowest BCUT2D eigenvalue weighted by Crippen LogP contribution is -2.32. The van der Waals surface area contributed by atoms with Crippen LogP contribution in [0, 0.1) is 13.8 Å². The molecule has 0 spiro atoms. The van der Waals surface area contributed by atoms with Gasteiger partial charge in [-0.15, -0.1) is 0 Å². The standard InChI is InChI=1S/C21H25N5O/c1-15-5-6-16(2)20(11-15)24-21(27)12-25(4)17(3)18-7-9-19(10-8-18)26-14-22-13-23-26/h5-11,13-14,17H,12H2,1-4H3,(H,24,27)/t17-/m0/s1. The van der Waals surface area contributed by atoms with Gasteiger partial charge in [-0.1, -0.05) is 24.3 Å². The van der Waals surface area contributed by atoms with Crippen molar-refractivity contribution in [1.82, 2.24) is 19.7 Å². The molecule has 0 aliphatic rings. The monoisotopic (exact) mass is 363 g/mol. The van der Waals surface area contributed by atoms with Crippen LogP contribution in [0.15, 0.2) is 55.1 Å². The minimum Gasteiger partial charge on any atom is -0.325 e. The lowest BCUT2D eigenvalue weighted by atomic mass is 10.1. The average molecular weight is 363 g/mol. The van der Waals surface area contributed by atoms with Crippen LogP contribution in [0.3, 0.4) is 0 Å². The summed E-state index contributed by atoms with van der Waals surface area (Å²) in [6.45, 7) is 6.43. The van der Waals surface area contributed by atoms with Gasteiger partial charge in [-0.3, -0.25) is 9.69 Å². The molecule has 0 bridgehead atoms. The number of carbonyl (C=O) groups excluding carboxylic acids is 1. The summed E-state index contributed by atoms with van der Waals surface area (Å²) >= 11 is 0. The van der Waals surface area contributed by atoms with E-state index in [1.54, 1.807) is 11.0 Å². The highest BCUT2D eigenvalue weighted by atomic mass is 16.2. The molecule has 6 nitrogen and oxygen atoms in total. The van der Waals surface area contributed by atoms with E-state index in [9.17, 15) is 4.79 Å². The van der Waals surface area contributed by atoms with Crippen molar-refractivity contribution in [2.75, 3.05) is 18.9 Å². The fourth-order valence-corrected chi connectivity index (χ4v) is 2.93. The maximum absolute atomic E-state index is 12.5. The van der Waals surface area contributed by atoms with Gasteiger partial charge in [-0.05, 0) is 62.7 Å². The number of aryl methyl sites for hydroxylation is 2. The van der Waals surface area contributed by atoms with Crippen molar-refractivity contribution in [3.63, 3.8) is 0 Å². The first-order valence-electron chi connectivity index (χ1n) is 8.96. The largest absolute Gasteiger partial charge is 0.325 e. The van der Waals surface area contributed by atoms with Crippen molar-refractivity contribution < 1.29 is 4.79 Å². The fraction of sp³-hybridized carbons (Fsp3) is 0.286. The summed E-state index contributed by atoms with van der Waals surface area (Å²) in [6.07, 6.45) is 3.18. The lowest BCUT2D eigenvalue weighted by molar-refractivity contribution is -0.117. The van der Waals surface area contributed by atoms with E-state index in [1.165, 1.54) is 6.33 Å². The second kappa shape index (κ2) is 8.14. The first kappa shape index (κ1) is 18.8. The molecule has 140 valence electrons. The highest BCUT2D eigenvalue weighted by Gasteiger charge is 2.16. The number of anilines is 1. The second-order valence-corrected chi connectivity index (χ2v) is 6.89. The van der Waals surface area contributed by atoms with Crippen LogP contribution in [0.5, 0.6) is 0 Å². The van der Waals surface area contributed by atoms with Gasteiger partial charge in [0, 0.05) is 11.7 Å². The van der Waals surface area contributed by atoms with Crippen LogP contribution in [0.2, 0.25) is 0 Å². The van der Waals surface area contributed by atoms with Crippen LogP contribution >= 0.6 is 0 Å². The summed E-state index contributed by atoms with van der Waals surface area (Å²) < 4.78 is 1.72. The Balaban J connectivity index is 1.62. The van der Waals surface area contributed by atoms with Gasteiger partial charge >= 0.3 is 0 Å². The van der Waals surface area contributed by atoms with E-state index in [4.69, 9.17) is 0 Å². The molecule has 2 aromatic carbocycles. The van der Waals surface area contributed by atoms with Gasteiger partial charge in [0.1, 0.15) is 12.7 Å². The molecule has 3 aromatic rings. The Morgan fingerprint density at radius 3 is 2.59 bits per heavy atom.